The van der Waals surface area contributed by atoms with Gasteiger partial charge >= 0.3 is 6.09 Å². The van der Waals surface area contributed by atoms with Crippen molar-refractivity contribution in [2.45, 2.75) is 63.6 Å². The van der Waals surface area contributed by atoms with E-state index in [1.165, 1.54) is 0 Å². The molecule has 3 aliphatic carbocycles. The molecule has 0 radical (unpaired) electrons. The maximum atomic E-state index is 13.5. The van der Waals surface area contributed by atoms with E-state index in [0.29, 0.717) is 37.6 Å². The molecular formula is C34H39ClN6O3. The number of hydrogen-bond donors (Lipinski definition) is 1. The van der Waals surface area contributed by atoms with E-state index >= 15 is 0 Å². The van der Waals surface area contributed by atoms with Crippen LogP contribution in [0.2, 0.25) is 5.02 Å². The number of rotatable bonds is 7. The number of ether oxygens (including phenoxy) is 1. The van der Waals surface area contributed by atoms with Gasteiger partial charge in [0.25, 0.3) is 0 Å². The second-order valence-corrected chi connectivity index (χ2v) is 13.9. The zero-order chi connectivity index (χ0) is 30.6. The summed E-state index contributed by atoms with van der Waals surface area (Å²) < 4.78 is 7.72. The lowest BCUT2D eigenvalue weighted by molar-refractivity contribution is -0.122. The van der Waals surface area contributed by atoms with Crippen LogP contribution >= 0.6 is 11.6 Å². The number of nitrogens with zero attached hydrogens (tertiary/aromatic N) is 5. The third-order valence-electron chi connectivity index (χ3n) is 9.74. The standard InChI is InChI=1S/C34H39ClN6O3/c1-33(8-9-33)19-28(42)38-30(27-20-36-21-39(27)3)26-17-22-5-4-12-37-29(22)31(24-7-6-23(35)18-25(24)26)40-13-15-41(16-14-40)32(43)44-34(2)10-11-34/h4-7,12,17-18,20-21,30-31H,8-11,13-16,19H2,1-3H3,(H,38,42)/t30-,31+/m1/s1. The molecule has 7 rings (SSSR count). The first-order valence-electron chi connectivity index (χ1n) is 15.6. The third-order valence-corrected chi connectivity index (χ3v) is 9.98. The largest absolute Gasteiger partial charge is 0.443 e. The Hall–Kier alpha value is -3.69. The van der Waals surface area contributed by atoms with Gasteiger partial charge in [-0.3, -0.25) is 14.7 Å². The van der Waals surface area contributed by atoms with E-state index in [1.807, 2.05) is 54.0 Å². The number of imidazole rings is 1. The summed E-state index contributed by atoms with van der Waals surface area (Å²) in [5, 5.41) is 4.00. The molecule has 230 valence electrons. The van der Waals surface area contributed by atoms with Crippen LogP contribution in [0.4, 0.5) is 4.79 Å². The molecule has 0 bridgehead atoms. The first kappa shape index (κ1) is 29.0. The molecule has 2 aromatic heterocycles. The van der Waals surface area contributed by atoms with E-state index in [-0.39, 0.29) is 29.1 Å². The van der Waals surface area contributed by atoms with Crippen LogP contribution in [0, 0.1) is 5.41 Å². The van der Waals surface area contributed by atoms with Gasteiger partial charge in [0.15, 0.2) is 0 Å². The molecule has 2 amide bonds. The number of fused-ring (bicyclic) bond motifs is 2. The van der Waals surface area contributed by atoms with Gasteiger partial charge in [0.1, 0.15) is 5.60 Å². The van der Waals surface area contributed by atoms with Gasteiger partial charge in [0, 0.05) is 50.9 Å². The van der Waals surface area contributed by atoms with Gasteiger partial charge in [-0.15, -0.1) is 0 Å². The molecule has 4 aliphatic rings. The molecule has 0 unspecified atom stereocenters. The average Bonchev–Trinajstić information content (AvgIpc) is 3.88. The van der Waals surface area contributed by atoms with Gasteiger partial charge in [0.2, 0.25) is 5.91 Å². The molecule has 3 aromatic rings. The fourth-order valence-electron chi connectivity index (χ4n) is 6.46. The highest BCUT2D eigenvalue weighted by molar-refractivity contribution is 6.30. The first-order valence-corrected chi connectivity index (χ1v) is 15.9. The van der Waals surface area contributed by atoms with Crippen LogP contribution in [-0.2, 0) is 16.6 Å². The Labute approximate surface area is 263 Å². The van der Waals surface area contributed by atoms with E-state index in [4.69, 9.17) is 21.3 Å². The quantitative estimate of drug-likeness (QED) is 0.363. The predicted octanol–water partition coefficient (Wildman–Crippen LogP) is 5.77. The highest BCUT2D eigenvalue weighted by atomic mass is 35.5. The zero-order valence-corrected chi connectivity index (χ0v) is 26.3. The number of pyridine rings is 1. The summed E-state index contributed by atoms with van der Waals surface area (Å²) in [6.07, 6.45) is 11.8. The molecule has 1 N–H and O–H groups in total. The van der Waals surface area contributed by atoms with Gasteiger partial charge in [0.05, 0.1) is 36.0 Å². The van der Waals surface area contributed by atoms with E-state index in [1.54, 1.807) is 6.33 Å². The molecule has 1 aromatic carbocycles. The Balaban J connectivity index is 1.26. The number of amides is 2. The van der Waals surface area contributed by atoms with Crippen molar-refractivity contribution in [3.63, 3.8) is 0 Å². The van der Waals surface area contributed by atoms with Crippen molar-refractivity contribution >= 4 is 35.3 Å². The average molecular weight is 615 g/mol. The molecule has 9 nitrogen and oxygen atoms in total. The number of hydrogen-bond acceptors (Lipinski definition) is 6. The SMILES string of the molecule is Cn1cncc1[C@H](NC(=O)CC1(C)CC1)C1=Cc2cccnc2[C@@H](N2CCN(C(=O)OC3(C)CC3)CC2)c2ccc(Cl)cc21. The monoisotopic (exact) mass is 614 g/mol. The maximum Gasteiger partial charge on any atom is 0.410 e. The van der Waals surface area contributed by atoms with Crippen LogP contribution in [0.15, 0.2) is 49.1 Å². The van der Waals surface area contributed by atoms with Crippen molar-refractivity contribution in [2.24, 2.45) is 12.5 Å². The van der Waals surface area contributed by atoms with Crippen LogP contribution in [0.5, 0.6) is 0 Å². The maximum absolute atomic E-state index is 13.5. The zero-order valence-electron chi connectivity index (χ0n) is 25.6. The third kappa shape index (κ3) is 5.75. The van der Waals surface area contributed by atoms with Crippen molar-refractivity contribution < 1.29 is 14.3 Å². The molecule has 10 heteroatoms. The number of halogens is 1. The number of aryl methyl sites for hydroxylation is 1. The van der Waals surface area contributed by atoms with Gasteiger partial charge in [-0.05, 0) is 84.6 Å². The minimum Gasteiger partial charge on any atom is -0.443 e. The Morgan fingerprint density at radius 1 is 1.11 bits per heavy atom. The molecule has 3 heterocycles. The summed E-state index contributed by atoms with van der Waals surface area (Å²) in [5.74, 6) is 0.0240. The minimum absolute atomic E-state index is 0.0240. The van der Waals surface area contributed by atoms with Gasteiger partial charge in [-0.1, -0.05) is 30.7 Å². The molecular weight excluding hydrogens is 576 g/mol. The lowest BCUT2D eigenvalue weighted by atomic mass is 9.89. The molecule has 1 aliphatic heterocycles. The van der Waals surface area contributed by atoms with Crippen LogP contribution < -0.4 is 5.32 Å². The minimum atomic E-state index is -0.447. The second-order valence-electron chi connectivity index (χ2n) is 13.5. The summed E-state index contributed by atoms with van der Waals surface area (Å²) >= 11 is 6.69. The van der Waals surface area contributed by atoms with Gasteiger partial charge < -0.3 is 19.5 Å². The Morgan fingerprint density at radius 2 is 1.89 bits per heavy atom. The van der Waals surface area contributed by atoms with Gasteiger partial charge in [-0.2, -0.15) is 0 Å². The van der Waals surface area contributed by atoms with Crippen molar-refractivity contribution in [3.05, 3.63) is 82.2 Å². The van der Waals surface area contributed by atoms with Crippen LogP contribution in [-0.4, -0.2) is 68.1 Å². The predicted molar refractivity (Wildman–Crippen MR) is 169 cm³/mol. The van der Waals surface area contributed by atoms with Crippen molar-refractivity contribution in [1.82, 2.24) is 29.7 Å². The molecule has 44 heavy (non-hydrogen) atoms. The van der Waals surface area contributed by atoms with Crippen LogP contribution in [0.1, 0.15) is 86.1 Å². The second kappa shape index (κ2) is 11.0. The number of benzene rings is 1. The highest BCUT2D eigenvalue weighted by Gasteiger charge is 2.44. The molecule has 2 saturated carbocycles. The summed E-state index contributed by atoms with van der Waals surface area (Å²) in [7, 11) is 1.95. The normalized spacial score (nSPS) is 22.1. The molecule has 0 spiro atoms. The number of carbonyl (C=O) groups excluding carboxylic acids is 2. The lowest BCUT2D eigenvalue weighted by Crippen LogP contribution is -2.50. The van der Waals surface area contributed by atoms with Crippen molar-refractivity contribution in [2.75, 3.05) is 26.2 Å². The summed E-state index contributed by atoms with van der Waals surface area (Å²) in [4.78, 5) is 39.9. The van der Waals surface area contributed by atoms with Gasteiger partial charge in [-0.25, -0.2) is 9.78 Å². The topological polar surface area (TPSA) is 92.6 Å². The number of piperazine rings is 1. The van der Waals surface area contributed by atoms with E-state index in [2.05, 4.69) is 40.3 Å². The van der Waals surface area contributed by atoms with Crippen molar-refractivity contribution in [3.8, 4) is 0 Å². The van der Waals surface area contributed by atoms with E-state index in [0.717, 1.165) is 59.3 Å². The summed E-state index contributed by atoms with van der Waals surface area (Å²) in [6, 6.07) is 9.43. The molecule has 1 saturated heterocycles. The number of nitrogens with one attached hydrogen (secondary N) is 1. The fraction of sp³-hybridized carbons (Fsp3) is 0.471. The molecule has 2 atom stereocenters. The van der Waals surface area contributed by atoms with Crippen molar-refractivity contribution in [1.29, 1.82) is 0 Å². The van der Waals surface area contributed by atoms with Crippen LogP contribution in [0.25, 0.3) is 11.6 Å². The van der Waals surface area contributed by atoms with Crippen LogP contribution in [0.3, 0.4) is 0 Å². The highest BCUT2D eigenvalue weighted by Crippen LogP contribution is 2.49. The number of aromatic nitrogens is 3. The summed E-state index contributed by atoms with van der Waals surface area (Å²) in [6.45, 7) is 6.65. The molecule has 3 fully saturated rings. The smallest absolute Gasteiger partial charge is 0.410 e. The summed E-state index contributed by atoms with van der Waals surface area (Å²) in [5.41, 5.74) is 5.56. The number of carbonyl (C=O) groups is 2. The Morgan fingerprint density at radius 3 is 2.57 bits per heavy atom. The first-order chi connectivity index (χ1) is 21.1. The van der Waals surface area contributed by atoms with E-state index in [9.17, 15) is 9.59 Å². The Kier molecular flexibility index (Phi) is 7.28. The Bertz CT molecular complexity index is 1630. The fourth-order valence-corrected chi connectivity index (χ4v) is 6.63. The van der Waals surface area contributed by atoms with E-state index < -0.39 is 6.04 Å². The lowest BCUT2D eigenvalue weighted by Gasteiger charge is -2.39.